The van der Waals surface area contributed by atoms with Gasteiger partial charge in [0.1, 0.15) is 29.2 Å². The van der Waals surface area contributed by atoms with Crippen molar-refractivity contribution in [3.63, 3.8) is 0 Å². The largest absolute Gasteiger partial charge is 0.508 e. The zero-order valence-corrected chi connectivity index (χ0v) is 11.4. The highest BCUT2D eigenvalue weighted by Gasteiger charge is 2.29. The van der Waals surface area contributed by atoms with E-state index in [1.165, 1.54) is 12.1 Å². The lowest BCUT2D eigenvalue weighted by Gasteiger charge is -2.30. The Morgan fingerprint density at radius 2 is 2.05 bits per heavy atom. The molecule has 0 saturated carbocycles. The van der Waals surface area contributed by atoms with Crippen molar-refractivity contribution in [1.82, 2.24) is 0 Å². The van der Waals surface area contributed by atoms with E-state index in [-0.39, 0.29) is 5.75 Å². The first-order chi connectivity index (χ1) is 10.1. The quantitative estimate of drug-likeness (QED) is 0.892. The van der Waals surface area contributed by atoms with Gasteiger partial charge in [0.2, 0.25) is 0 Å². The smallest absolute Gasteiger partial charge is 0.129 e. The number of methoxy groups -OCH3 is 1. The molecule has 0 amide bonds. The molecule has 1 aliphatic rings. The molecule has 0 saturated heterocycles. The van der Waals surface area contributed by atoms with E-state index in [4.69, 9.17) is 9.47 Å². The average molecular weight is 290 g/mol. The van der Waals surface area contributed by atoms with Crippen LogP contribution in [-0.4, -0.2) is 17.3 Å². The van der Waals surface area contributed by atoms with Crippen LogP contribution >= 0.6 is 0 Å². The number of phenolic OH excluding ortho intramolecular Hbond substituents is 1. The van der Waals surface area contributed by atoms with Crippen LogP contribution < -0.4 is 9.47 Å². The molecule has 0 fully saturated rings. The van der Waals surface area contributed by atoms with Gasteiger partial charge in [-0.05, 0) is 29.8 Å². The van der Waals surface area contributed by atoms with E-state index in [1.807, 2.05) is 0 Å². The van der Waals surface area contributed by atoms with Crippen molar-refractivity contribution < 1.29 is 24.1 Å². The fraction of sp³-hybridized carbons (Fsp3) is 0.250. The zero-order valence-electron chi connectivity index (χ0n) is 11.4. The summed E-state index contributed by atoms with van der Waals surface area (Å²) in [6.45, 7) is 0. The Bertz CT molecular complexity index is 651. The van der Waals surface area contributed by atoms with Crippen molar-refractivity contribution >= 4 is 0 Å². The standard InChI is InChI=1S/C16H15FO4/c1-20-12-2-3-13-14(19)8-15(21-16(13)7-12)9-4-10(17)6-11(18)5-9/h2-7,14-15,18-19H,8H2,1H3/t14-,15?/m0/s1. The minimum absolute atomic E-state index is 0.167. The van der Waals surface area contributed by atoms with Gasteiger partial charge in [0.25, 0.3) is 0 Å². The molecule has 2 aromatic carbocycles. The van der Waals surface area contributed by atoms with Crippen LogP contribution in [0.25, 0.3) is 0 Å². The number of hydrogen-bond donors (Lipinski definition) is 2. The fourth-order valence-electron chi connectivity index (χ4n) is 2.54. The molecule has 5 heteroatoms. The van der Waals surface area contributed by atoms with Gasteiger partial charge in [0.05, 0.1) is 13.2 Å². The summed E-state index contributed by atoms with van der Waals surface area (Å²) in [6.07, 6.45) is -0.946. The van der Waals surface area contributed by atoms with Crippen molar-refractivity contribution in [2.75, 3.05) is 7.11 Å². The van der Waals surface area contributed by atoms with E-state index < -0.39 is 18.0 Å². The van der Waals surface area contributed by atoms with Crippen LogP contribution in [0.1, 0.15) is 29.8 Å². The molecule has 1 unspecified atom stereocenters. The van der Waals surface area contributed by atoms with E-state index in [0.717, 1.165) is 6.07 Å². The summed E-state index contributed by atoms with van der Waals surface area (Å²) >= 11 is 0. The summed E-state index contributed by atoms with van der Waals surface area (Å²) in [7, 11) is 1.54. The van der Waals surface area contributed by atoms with E-state index in [2.05, 4.69) is 0 Å². The van der Waals surface area contributed by atoms with Gasteiger partial charge in [-0.25, -0.2) is 4.39 Å². The summed E-state index contributed by atoms with van der Waals surface area (Å²) < 4.78 is 24.4. The molecule has 21 heavy (non-hydrogen) atoms. The number of halogens is 1. The molecule has 1 heterocycles. The first kappa shape index (κ1) is 13.7. The normalized spacial score (nSPS) is 20.5. The van der Waals surface area contributed by atoms with Crippen LogP contribution in [-0.2, 0) is 0 Å². The zero-order chi connectivity index (χ0) is 15.0. The van der Waals surface area contributed by atoms with Crippen LogP contribution in [0.2, 0.25) is 0 Å². The van der Waals surface area contributed by atoms with Gasteiger partial charge >= 0.3 is 0 Å². The number of aromatic hydroxyl groups is 1. The van der Waals surface area contributed by atoms with Crippen LogP contribution in [0.3, 0.4) is 0 Å². The van der Waals surface area contributed by atoms with Crippen LogP contribution in [0.4, 0.5) is 4.39 Å². The Labute approximate surface area is 121 Å². The first-order valence-corrected chi connectivity index (χ1v) is 6.59. The highest BCUT2D eigenvalue weighted by molar-refractivity contribution is 5.44. The van der Waals surface area contributed by atoms with Gasteiger partial charge < -0.3 is 19.7 Å². The summed E-state index contributed by atoms with van der Waals surface area (Å²) in [6, 6.07) is 8.94. The molecule has 3 rings (SSSR count). The van der Waals surface area contributed by atoms with Gasteiger partial charge in [-0.15, -0.1) is 0 Å². The number of benzene rings is 2. The summed E-state index contributed by atoms with van der Waals surface area (Å²) in [4.78, 5) is 0. The summed E-state index contributed by atoms with van der Waals surface area (Å²) in [5, 5.41) is 19.7. The molecule has 0 radical (unpaired) electrons. The van der Waals surface area contributed by atoms with Crippen molar-refractivity contribution in [1.29, 1.82) is 0 Å². The maximum atomic E-state index is 13.4. The molecule has 2 atom stereocenters. The minimum atomic E-state index is -0.713. The maximum Gasteiger partial charge on any atom is 0.129 e. The van der Waals surface area contributed by atoms with Crippen molar-refractivity contribution in [2.24, 2.45) is 0 Å². The maximum absolute atomic E-state index is 13.4. The molecule has 4 nitrogen and oxygen atoms in total. The van der Waals surface area contributed by atoms with Crippen LogP contribution in [0, 0.1) is 5.82 Å². The summed E-state index contributed by atoms with van der Waals surface area (Å²) in [5.74, 6) is 0.407. The van der Waals surface area contributed by atoms with E-state index >= 15 is 0 Å². The minimum Gasteiger partial charge on any atom is -0.508 e. The molecule has 2 aromatic rings. The monoisotopic (exact) mass is 290 g/mol. The van der Waals surface area contributed by atoms with Gasteiger partial charge in [-0.3, -0.25) is 0 Å². The summed E-state index contributed by atoms with van der Waals surface area (Å²) in [5.41, 5.74) is 1.16. The molecule has 110 valence electrons. The predicted molar refractivity (Wildman–Crippen MR) is 74.0 cm³/mol. The third-order valence-corrected chi connectivity index (χ3v) is 3.56. The van der Waals surface area contributed by atoms with Gasteiger partial charge in [0, 0.05) is 24.1 Å². The van der Waals surface area contributed by atoms with E-state index in [1.54, 1.807) is 25.3 Å². The lowest BCUT2D eigenvalue weighted by molar-refractivity contribution is 0.0652. The second kappa shape index (κ2) is 5.26. The van der Waals surface area contributed by atoms with Crippen molar-refractivity contribution in [3.8, 4) is 17.2 Å². The van der Waals surface area contributed by atoms with Gasteiger partial charge in [0.15, 0.2) is 0 Å². The number of phenols is 1. The molecular formula is C16H15FO4. The Kier molecular flexibility index (Phi) is 3.43. The lowest BCUT2D eigenvalue weighted by atomic mass is 9.94. The third-order valence-electron chi connectivity index (χ3n) is 3.56. The molecule has 0 spiro atoms. The van der Waals surface area contributed by atoms with Gasteiger partial charge in [-0.2, -0.15) is 0 Å². The number of aliphatic hydroxyl groups excluding tert-OH is 1. The number of aliphatic hydroxyl groups is 1. The molecule has 2 N–H and O–H groups in total. The number of fused-ring (bicyclic) bond motifs is 1. The van der Waals surface area contributed by atoms with E-state index in [9.17, 15) is 14.6 Å². The van der Waals surface area contributed by atoms with Crippen LogP contribution in [0.15, 0.2) is 36.4 Å². The number of ether oxygens (including phenoxy) is 2. The third kappa shape index (κ3) is 2.64. The first-order valence-electron chi connectivity index (χ1n) is 6.59. The Hall–Kier alpha value is -2.27. The Morgan fingerprint density at radius 1 is 1.24 bits per heavy atom. The molecule has 0 bridgehead atoms. The molecule has 1 aliphatic heterocycles. The fourth-order valence-corrected chi connectivity index (χ4v) is 2.54. The Balaban J connectivity index is 1.96. The van der Waals surface area contributed by atoms with Crippen LogP contribution in [0.5, 0.6) is 17.2 Å². The Morgan fingerprint density at radius 3 is 2.76 bits per heavy atom. The second-order valence-corrected chi connectivity index (χ2v) is 5.00. The molecule has 0 aliphatic carbocycles. The predicted octanol–water partition coefficient (Wildman–Crippen LogP) is 3.10. The second-order valence-electron chi connectivity index (χ2n) is 5.00. The SMILES string of the molecule is COc1ccc2c(c1)OC(c1cc(O)cc(F)c1)C[C@@H]2O. The lowest BCUT2D eigenvalue weighted by Crippen LogP contribution is -2.19. The van der Waals surface area contributed by atoms with Crippen molar-refractivity contribution in [2.45, 2.75) is 18.6 Å². The average Bonchev–Trinajstić information content (AvgIpc) is 2.45. The highest BCUT2D eigenvalue weighted by Crippen LogP contribution is 2.42. The topological polar surface area (TPSA) is 58.9 Å². The number of hydrogen-bond acceptors (Lipinski definition) is 4. The highest BCUT2D eigenvalue weighted by atomic mass is 19.1. The van der Waals surface area contributed by atoms with E-state index in [0.29, 0.717) is 29.0 Å². The van der Waals surface area contributed by atoms with Crippen molar-refractivity contribution in [3.05, 3.63) is 53.3 Å². The molecule has 0 aromatic heterocycles. The van der Waals surface area contributed by atoms with Gasteiger partial charge in [-0.1, -0.05) is 0 Å². The molecular weight excluding hydrogens is 275 g/mol. The number of rotatable bonds is 2.